The minimum Gasteiger partial charge on any atom is -0.361 e. The Morgan fingerprint density at radius 1 is 1.64 bits per heavy atom. The fraction of sp³-hybridized carbons (Fsp3) is 0.900. The molecule has 1 aliphatic heterocycles. The topological polar surface area (TPSA) is 29.5 Å². The molecule has 4 heteroatoms. The van der Waals surface area contributed by atoms with Gasteiger partial charge in [0.25, 0.3) is 0 Å². The summed E-state index contributed by atoms with van der Waals surface area (Å²) >= 11 is 1.72. The maximum absolute atomic E-state index is 11.9. The number of nitrogens with zero attached hydrogens (tertiary/aromatic N) is 1. The summed E-state index contributed by atoms with van der Waals surface area (Å²) in [6, 6.07) is 0.231. The van der Waals surface area contributed by atoms with Gasteiger partial charge in [-0.1, -0.05) is 6.92 Å². The van der Waals surface area contributed by atoms with Gasteiger partial charge in [-0.15, -0.1) is 11.8 Å². The fourth-order valence-corrected chi connectivity index (χ4v) is 2.81. The minimum atomic E-state index is -0.0217. The molecular weight excluding hydrogens is 198 g/mol. The molecule has 2 atom stereocenters. The summed E-state index contributed by atoms with van der Waals surface area (Å²) < 4.78 is 5.32. The Morgan fingerprint density at radius 3 is 2.64 bits per heavy atom. The van der Waals surface area contributed by atoms with Crippen molar-refractivity contribution in [3.63, 3.8) is 0 Å². The van der Waals surface area contributed by atoms with Crippen molar-refractivity contribution < 1.29 is 9.53 Å². The van der Waals surface area contributed by atoms with Crippen molar-refractivity contribution in [1.82, 2.24) is 4.90 Å². The number of methoxy groups -OCH3 is 1. The van der Waals surface area contributed by atoms with Crippen LogP contribution < -0.4 is 0 Å². The van der Waals surface area contributed by atoms with Gasteiger partial charge in [-0.05, 0) is 19.6 Å². The Bertz CT molecular complexity index is 208. The van der Waals surface area contributed by atoms with E-state index in [2.05, 4.69) is 6.92 Å². The first-order chi connectivity index (χ1) is 6.61. The number of carbonyl (C=O) groups excluding carboxylic acids is 1. The predicted octanol–water partition coefficient (Wildman–Crippen LogP) is 1.72. The zero-order valence-corrected chi connectivity index (χ0v) is 10.1. The van der Waals surface area contributed by atoms with Gasteiger partial charge in [-0.25, -0.2) is 0 Å². The lowest BCUT2D eigenvalue weighted by molar-refractivity contribution is -0.137. The van der Waals surface area contributed by atoms with Crippen molar-refractivity contribution in [2.45, 2.75) is 44.7 Å². The molecule has 1 fully saturated rings. The van der Waals surface area contributed by atoms with Gasteiger partial charge in [0, 0.05) is 19.6 Å². The van der Waals surface area contributed by atoms with Crippen molar-refractivity contribution in [3.05, 3.63) is 0 Å². The van der Waals surface area contributed by atoms with Crippen LogP contribution in [0.1, 0.15) is 27.2 Å². The Labute approximate surface area is 90.2 Å². The van der Waals surface area contributed by atoms with Crippen molar-refractivity contribution >= 4 is 17.7 Å². The summed E-state index contributed by atoms with van der Waals surface area (Å²) in [5.41, 5.74) is 0. The minimum absolute atomic E-state index is 0.0217. The molecule has 14 heavy (non-hydrogen) atoms. The monoisotopic (exact) mass is 217 g/mol. The van der Waals surface area contributed by atoms with Crippen LogP contribution in [-0.4, -0.2) is 41.2 Å². The largest absolute Gasteiger partial charge is 0.361 e. The van der Waals surface area contributed by atoms with E-state index in [0.29, 0.717) is 0 Å². The third kappa shape index (κ3) is 2.23. The molecule has 0 aromatic carbocycles. The molecule has 1 aliphatic rings. The van der Waals surface area contributed by atoms with E-state index in [1.807, 2.05) is 18.7 Å². The van der Waals surface area contributed by atoms with Gasteiger partial charge in [0.2, 0.25) is 5.91 Å². The van der Waals surface area contributed by atoms with Gasteiger partial charge in [0.1, 0.15) is 6.23 Å². The predicted molar refractivity (Wildman–Crippen MR) is 59.3 cm³/mol. The Hall–Kier alpha value is -0.220. The Morgan fingerprint density at radius 2 is 2.29 bits per heavy atom. The van der Waals surface area contributed by atoms with Crippen molar-refractivity contribution in [2.24, 2.45) is 0 Å². The zero-order valence-electron chi connectivity index (χ0n) is 9.32. The first kappa shape index (κ1) is 11.9. The highest BCUT2D eigenvalue weighted by Crippen LogP contribution is 2.30. The second-order valence-electron chi connectivity index (χ2n) is 3.71. The summed E-state index contributed by atoms with van der Waals surface area (Å²) in [6.45, 7) is 6.14. The van der Waals surface area contributed by atoms with E-state index < -0.39 is 0 Å². The van der Waals surface area contributed by atoms with E-state index in [1.165, 1.54) is 0 Å². The normalized spacial score (nSPS) is 27.8. The smallest absolute Gasteiger partial charge is 0.238 e. The second-order valence-corrected chi connectivity index (χ2v) is 5.19. The highest BCUT2D eigenvalue weighted by atomic mass is 32.2. The van der Waals surface area contributed by atoms with Crippen LogP contribution in [0, 0.1) is 0 Å². The molecule has 0 aliphatic carbocycles. The van der Waals surface area contributed by atoms with Crippen molar-refractivity contribution in [3.8, 4) is 0 Å². The Balaban J connectivity index is 2.69. The van der Waals surface area contributed by atoms with Gasteiger partial charge >= 0.3 is 0 Å². The quantitative estimate of drug-likeness (QED) is 0.718. The third-order valence-electron chi connectivity index (χ3n) is 2.45. The van der Waals surface area contributed by atoms with Gasteiger partial charge in [0.15, 0.2) is 0 Å². The molecule has 1 heterocycles. The molecule has 0 aromatic rings. The molecule has 1 amide bonds. The van der Waals surface area contributed by atoms with E-state index in [1.54, 1.807) is 18.9 Å². The van der Waals surface area contributed by atoms with Gasteiger partial charge in [-0.3, -0.25) is 4.79 Å². The van der Waals surface area contributed by atoms with E-state index >= 15 is 0 Å². The second kappa shape index (κ2) is 5.03. The molecule has 0 radical (unpaired) electrons. The molecule has 1 saturated heterocycles. The summed E-state index contributed by atoms with van der Waals surface area (Å²) in [6.07, 6.45) is 0.804. The number of likely N-dealkylation sites (tertiary alicyclic amines) is 1. The third-order valence-corrected chi connectivity index (χ3v) is 3.58. The average Bonchev–Trinajstić information content (AvgIpc) is 2.44. The van der Waals surface area contributed by atoms with Crippen LogP contribution in [0.5, 0.6) is 0 Å². The summed E-state index contributed by atoms with van der Waals surface area (Å²) in [5.74, 6) is 1.22. The number of rotatable bonds is 4. The highest BCUT2D eigenvalue weighted by molar-refractivity contribution is 8.00. The maximum Gasteiger partial charge on any atom is 0.238 e. The van der Waals surface area contributed by atoms with E-state index in [-0.39, 0.29) is 23.4 Å². The van der Waals surface area contributed by atoms with Crippen LogP contribution >= 0.6 is 11.8 Å². The maximum atomic E-state index is 11.9. The summed E-state index contributed by atoms with van der Waals surface area (Å²) in [7, 11) is 1.67. The van der Waals surface area contributed by atoms with E-state index in [0.717, 1.165) is 12.2 Å². The number of thioether (sulfide) groups is 1. The van der Waals surface area contributed by atoms with E-state index in [9.17, 15) is 4.79 Å². The van der Waals surface area contributed by atoms with Crippen molar-refractivity contribution in [1.29, 1.82) is 0 Å². The lowest BCUT2D eigenvalue weighted by atomic mass is 10.3. The SMILES string of the molecule is CCSC1CC(OC)N(C(C)C)C1=O. The molecule has 0 aromatic heterocycles. The summed E-state index contributed by atoms with van der Waals surface area (Å²) in [5, 5.41) is 0.104. The van der Waals surface area contributed by atoms with Crippen LogP contribution in [0.3, 0.4) is 0 Å². The average molecular weight is 217 g/mol. The number of ether oxygens (including phenoxy) is 1. The van der Waals surface area contributed by atoms with Crippen LogP contribution in [0.15, 0.2) is 0 Å². The van der Waals surface area contributed by atoms with Gasteiger partial charge in [0.05, 0.1) is 5.25 Å². The van der Waals surface area contributed by atoms with Crippen molar-refractivity contribution in [2.75, 3.05) is 12.9 Å². The lowest BCUT2D eigenvalue weighted by Crippen LogP contribution is -2.40. The number of hydrogen-bond donors (Lipinski definition) is 0. The highest BCUT2D eigenvalue weighted by Gasteiger charge is 2.40. The molecular formula is C10H19NO2S. The fourth-order valence-electron chi connectivity index (χ4n) is 1.84. The lowest BCUT2D eigenvalue weighted by Gasteiger charge is -2.27. The van der Waals surface area contributed by atoms with Crippen LogP contribution in [0.4, 0.5) is 0 Å². The summed E-state index contributed by atoms with van der Waals surface area (Å²) in [4.78, 5) is 13.8. The first-order valence-electron chi connectivity index (χ1n) is 5.08. The molecule has 0 saturated carbocycles. The van der Waals surface area contributed by atoms with Gasteiger partial charge < -0.3 is 9.64 Å². The van der Waals surface area contributed by atoms with Crippen LogP contribution in [-0.2, 0) is 9.53 Å². The number of carbonyl (C=O) groups is 1. The standard InChI is InChI=1S/C10H19NO2S/c1-5-14-8-6-9(13-4)11(7(2)3)10(8)12/h7-9H,5-6H2,1-4H3. The number of amides is 1. The first-order valence-corrected chi connectivity index (χ1v) is 6.13. The molecule has 82 valence electrons. The Kier molecular flexibility index (Phi) is 4.26. The van der Waals surface area contributed by atoms with Crippen LogP contribution in [0.25, 0.3) is 0 Å². The molecule has 0 bridgehead atoms. The van der Waals surface area contributed by atoms with E-state index in [4.69, 9.17) is 4.74 Å². The number of hydrogen-bond acceptors (Lipinski definition) is 3. The molecule has 0 spiro atoms. The molecule has 2 unspecified atom stereocenters. The molecule has 1 rings (SSSR count). The molecule has 0 N–H and O–H groups in total. The van der Waals surface area contributed by atoms with Crippen LogP contribution in [0.2, 0.25) is 0 Å². The van der Waals surface area contributed by atoms with Gasteiger partial charge in [-0.2, -0.15) is 0 Å². The zero-order chi connectivity index (χ0) is 10.7. The molecule has 3 nitrogen and oxygen atoms in total.